The van der Waals surface area contributed by atoms with Gasteiger partial charge in [0.05, 0.1) is 18.3 Å². The summed E-state index contributed by atoms with van der Waals surface area (Å²) in [4.78, 5) is 4.76. The summed E-state index contributed by atoms with van der Waals surface area (Å²) in [5, 5.41) is 9.15. The zero-order valence-corrected chi connectivity index (χ0v) is 11.9. The van der Waals surface area contributed by atoms with E-state index in [2.05, 4.69) is 22.8 Å². The van der Waals surface area contributed by atoms with Crippen molar-refractivity contribution in [3.05, 3.63) is 0 Å². The van der Waals surface area contributed by atoms with E-state index >= 15 is 0 Å². The molecular weight excluding hydrogens is 226 g/mol. The largest absolute Gasteiger partial charge is 0.374 e. The van der Waals surface area contributed by atoms with E-state index in [1.54, 1.807) is 0 Å². The van der Waals surface area contributed by atoms with Crippen LogP contribution in [0.4, 0.5) is 0 Å². The summed E-state index contributed by atoms with van der Waals surface area (Å²) in [6.07, 6.45) is 3.27. The van der Waals surface area contributed by atoms with Crippen molar-refractivity contribution in [2.45, 2.75) is 51.4 Å². The minimum atomic E-state index is -0.329. The van der Waals surface area contributed by atoms with Crippen molar-refractivity contribution in [1.82, 2.24) is 9.80 Å². The van der Waals surface area contributed by atoms with Gasteiger partial charge in [-0.25, -0.2) is 0 Å². The van der Waals surface area contributed by atoms with Gasteiger partial charge in [0.2, 0.25) is 0 Å². The number of rotatable bonds is 3. The van der Waals surface area contributed by atoms with Crippen LogP contribution >= 0.6 is 0 Å². The molecule has 0 spiro atoms. The van der Waals surface area contributed by atoms with E-state index in [1.807, 2.05) is 13.8 Å². The monoisotopic (exact) mass is 251 g/mol. The van der Waals surface area contributed by atoms with Gasteiger partial charge >= 0.3 is 0 Å². The Bertz CT molecular complexity index is 315. The SMILES string of the molecule is CC1CCC(CN2CCN(C(C)(C)C#N)CC2)O1. The summed E-state index contributed by atoms with van der Waals surface area (Å²) < 4.78 is 5.87. The molecule has 0 amide bonds. The fraction of sp³-hybridized carbons (Fsp3) is 0.929. The van der Waals surface area contributed by atoms with Crippen molar-refractivity contribution in [3.8, 4) is 6.07 Å². The third kappa shape index (κ3) is 3.23. The predicted molar refractivity (Wildman–Crippen MR) is 71.3 cm³/mol. The van der Waals surface area contributed by atoms with Crippen LogP contribution in [-0.4, -0.2) is 60.3 Å². The normalized spacial score (nSPS) is 31.4. The van der Waals surface area contributed by atoms with Crippen molar-refractivity contribution < 1.29 is 4.74 Å². The molecule has 4 heteroatoms. The van der Waals surface area contributed by atoms with Crippen LogP contribution < -0.4 is 0 Å². The standard InChI is InChI=1S/C14H25N3O/c1-12-4-5-13(18-12)10-16-6-8-17(9-7-16)14(2,3)11-15/h12-13H,4-10H2,1-3H3. The van der Waals surface area contributed by atoms with Crippen LogP contribution in [0.3, 0.4) is 0 Å². The molecular formula is C14H25N3O. The maximum atomic E-state index is 9.15. The molecule has 2 saturated heterocycles. The molecule has 0 saturated carbocycles. The van der Waals surface area contributed by atoms with Crippen molar-refractivity contribution in [1.29, 1.82) is 5.26 Å². The van der Waals surface area contributed by atoms with Gasteiger partial charge in [0.1, 0.15) is 5.54 Å². The summed E-state index contributed by atoms with van der Waals surface area (Å²) in [5.41, 5.74) is -0.329. The van der Waals surface area contributed by atoms with E-state index in [-0.39, 0.29) is 5.54 Å². The fourth-order valence-corrected chi connectivity index (χ4v) is 2.87. The third-order valence-electron chi connectivity index (χ3n) is 4.22. The van der Waals surface area contributed by atoms with Crippen molar-refractivity contribution in [2.75, 3.05) is 32.7 Å². The quantitative estimate of drug-likeness (QED) is 0.761. The maximum absolute atomic E-state index is 9.15. The summed E-state index contributed by atoms with van der Waals surface area (Å²) >= 11 is 0. The van der Waals surface area contributed by atoms with Crippen LogP contribution in [0.25, 0.3) is 0 Å². The number of ether oxygens (including phenoxy) is 1. The fourth-order valence-electron chi connectivity index (χ4n) is 2.87. The van der Waals surface area contributed by atoms with E-state index in [0.29, 0.717) is 12.2 Å². The van der Waals surface area contributed by atoms with Gasteiger partial charge in [0.15, 0.2) is 0 Å². The molecule has 0 aromatic carbocycles. The first-order valence-electron chi connectivity index (χ1n) is 7.05. The zero-order valence-electron chi connectivity index (χ0n) is 11.9. The van der Waals surface area contributed by atoms with Gasteiger partial charge in [-0.1, -0.05) is 0 Å². The molecule has 2 aliphatic rings. The lowest BCUT2D eigenvalue weighted by Crippen LogP contribution is -2.55. The van der Waals surface area contributed by atoms with Gasteiger partial charge in [0, 0.05) is 32.7 Å². The Kier molecular flexibility index (Phi) is 4.26. The Hall–Kier alpha value is -0.630. The molecule has 4 nitrogen and oxygen atoms in total. The Morgan fingerprint density at radius 1 is 1.22 bits per heavy atom. The van der Waals surface area contributed by atoms with Crippen LogP contribution in [-0.2, 0) is 4.74 Å². The van der Waals surface area contributed by atoms with E-state index in [1.165, 1.54) is 12.8 Å². The van der Waals surface area contributed by atoms with Crippen LogP contribution in [0.15, 0.2) is 0 Å². The van der Waals surface area contributed by atoms with Gasteiger partial charge in [0.25, 0.3) is 0 Å². The van der Waals surface area contributed by atoms with E-state index in [4.69, 9.17) is 10.00 Å². The Labute approximate surface area is 110 Å². The van der Waals surface area contributed by atoms with Crippen LogP contribution in [0.1, 0.15) is 33.6 Å². The zero-order chi connectivity index (χ0) is 13.2. The van der Waals surface area contributed by atoms with Crippen LogP contribution in [0, 0.1) is 11.3 Å². The second-order valence-electron chi connectivity index (χ2n) is 6.10. The van der Waals surface area contributed by atoms with Gasteiger partial charge in [-0.3, -0.25) is 9.80 Å². The molecule has 2 fully saturated rings. The van der Waals surface area contributed by atoms with Gasteiger partial charge < -0.3 is 4.74 Å². The maximum Gasteiger partial charge on any atom is 0.103 e. The van der Waals surface area contributed by atoms with Crippen LogP contribution in [0.2, 0.25) is 0 Å². The van der Waals surface area contributed by atoms with Gasteiger partial charge in [-0.2, -0.15) is 5.26 Å². The van der Waals surface area contributed by atoms with Crippen molar-refractivity contribution in [2.24, 2.45) is 0 Å². The molecule has 0 aromatic rings. The topological polar surface area (TPSA) is 39.5 Å². The molecule has 2 heterocycles. The highest BCUT2D eigenvalue weighted by Gasteiger charge is 2.31. The average molecular weight is 251 g/mol. The Morgan fingerprint density at radius 2 is 1.89 bits per heavy atom. The van der Waals surface area contributed by atoms with Crippen LogP contribution in [0.5, 0.6) is 0 Å². The molecule has 0 aliphatic carbocycles. The highest BCUT2D eigenvalue weighted by molar-refractivity contribution is 5.02. The molecule has 0 aromatic heterocycles. The van der Waals surface area contributed by atoms with Gasteiger partial charge in [-0.15, -0.1) is 0 Å². The number of nitrogens with zero attached hydrogens (tertiary/aromatic N) is 3. The molecule has 0 bridgehead atoms. The Morgan fingerprint density at radius 3 is 2.39 bits per heavy atom. The second kappa shape index (κ2) is 5.56. The lowest BCUT2D eigenvalue weighted by molar-refractivity contribution is 0.0109. The number of hydrogen-bond donors (Lipinski definition) is 0. The van der Waals surface area contributed by atoms with Crippen molar-refractivity contribution in [3.63, 3.8) is 0 Å². The second-order valence-corrected chi connectivity index (χ2v) is 6.10. The minimum absolute atomic E-state index is 0.329. The molecule has 102 valence electrons. The smallest absolute Gasteiger partial charge is 0.103 e. The minimum Gasteiger partial charge on any atom is -0.374 e. The van der Waals surface area contributed by atoms with Crippen molar-refractivity contribution >= 4 is 0 Å². The predicted octanol–water partition coefficient (Wildman–Crippen LogP) is 1.47. The van der Waals surface area contributed by atoms with E-state index in [9.17, 15) is 0 Å². The number of hydrogen-bond acceptors (Lipinski definition) is 4. The number of piperazine rings is 1. The first-order chi connectivity index (χ1) is 8.51. The molecule has 2 unspecified atom stereocenters. The summed E-state index contributed by atoms with van der Waals surface area (Å²) in [7, 11) is 0. The molecule has 2 aliphatic heterocycles. The molecule has 18 heavy (non-hydrogen) atoms. The highest BCUT2D eigenvalue weighted by Crippen LogP contribution is 2.21. The summed E-state index contributed by atoms with van der Waals surface area (Å²) in [5.74, 6) is 0. The molecule has 0 radical (unpaired) electrons. The Balaban J connectivity index is 1.75. The van der Waals surface area contributed by atoms with E-state index in [0.717, 1.165) is 32.7 Å². The summed E-state index contributed by atoms with van der Waals surface area (Å²) in [6.45, 7) is 11.3. The third-order valence-corrected chi connectivity index (χ3v) is 4.22. The lowest BCUT2D eigenvalue weighted by atomic mass is 10.0. The molecule has 0 N–H and O–H groups in total. The summed E-state index contributed by atoms with van der Waals surface area (Å²) in [6, 6.07) is 2.39. The van der Waals surface area contributed by atoms with Gasteiger partial charge in [-0.05, 0) is 33.6 Å². The average Bonchev–Trinajstić information content (AvgIpc) is 2.75. The first-order valence-corrected chi connectivity index (χ1v) is 7.05. The highest BCUT2D eigenvalue weighted by atomic mass is 16.5. The first kappa shape index (κ1) is 13.8. The lowest BCUT2D eigenvalue weighted by Gasteiger charge is -2.41. The molecule has 2 rings (SSSR count). The molecule has 2 atom stereocenters. The number of nitriles is 1. The van der Waals surface area contributed by atoms with E-state index < -0.39 is 0 Å².